The Kier molecular flexibility index (Phi) is 4.16. The van der Waals surface area contributed by atoms with Crippen molar-refractivity contribution in [2.24, 2.45) is 4.99 Å². The van der Waals surface area contributed by atoms with E-state index in [0.29, 0.717) is 15.8 Å². The second-order valence-electron chi connectivity index (χ2n) is 4.46. The fraction of sp³-hybridized carbons (Fsp3) is 0.0667. The summed E-state index contributed by atoms with van der Waals surface area (Å²) in [6, 6.07) is 11.5. The fourth-order valence-corrected chi connectivity index (χ4v) is 3.01. The van der Waals surface area contributed by atoms with Crippen LogP contribution in [0, 0.1) is 10.7 Å². The first kappa shape index (κ1) is 14.4. The lowest BCUT2D eigenvalue weighted by atomic mass is 10.2. The second kappa shape index (κ2) is 6.07. The molecule has 2 heterocycles. The van der Waals surface area contributed by atoms with Crippen molar-refractivity contribution in [3.8, 4) is 0 Å². The van der Waals surface area contributed by atoms with E-state index >= 15 is 0 Å². The maximum Gasteiger partial charge on any atom is 0.264 e. The molecule has 3 rings (SSSR count). The Hall–Kier alpha value is -1.54. The van der Waals surface area contributed by atoms with E-state index in [9.17, 15) is 4.79 Å². The van der Waals surface area contributed by atoms with Crippen molar-refractivity contribution in [1.82, 2.24) is 5.32 Å². The van der Waals surface area contributed by atoms with Gasteiger partial charge in [-0.3, -0.25) is 4.79 Å². The average Bonchev–Trinajstić information content (AvgIpc) is 3.00. The minimum atomic E-state index is -0.155. The first-order chi connectivity index (χ1) is 10.1. The third kappa shape index (κ3) is 3.56. The van der Waals surface area contributed by atoms with Crippen LogP contribution in [0.5, 0.6) is 0 Å². The summed E-state index contributed by atoms with van der Waals surface area (Å²) in [7, 11) is 0. The molecule has 106 valence electrons. The first-order valence-corrected chi connectivity index (χ1v) is 8.11. The molecule has 2 aromatic rings. The second-order valence-corrected chi connectivity index (χ2v) is 6.55. The number of carbonyl (C=O) groups is 1. The number of nitrogens with one attached hydrogen (secondary N) is 1. The average molecular weight is 410 g/mol. The third-order valence-electron chi connectivity index (χ3n) is 2.78. The van der Waals surface area contributed by atoms with Gasteiger partial charge in [0.1, 0.15) is 5.76 Å². The van der Waals surface area contributed by atoms with E-state index < -0.39 is 0 Å². The van der Waals surface area contributed by atoms with Crippen molar-refractivity contribution in [3.63, 3.8) is 0 Å². The molecule has 6 heteroatoms. The fourth-order valence-electron chi connectivity index (χ4n) is 1.75. The van der Waals surface area contributed by atoms with Gasteiger partial charge < -0.3 is 9.73 Å². The number of hydrogen-bond donors (Lipinski definition) is 1. The zero-order chi connectivity index (χ0) is 14.8. The Balaban J connectivity index is 1.81. The normalized spacial score (nSPS) is 18.5. The maximum atomic E-state index is 11.9. The highest BCUT2D eigenvalue weighted by molar-refractivity contribution is 14.1. The van der Waals surface area contributed by atoms with E-state index in [-0.39, 0.29) is 5.91 Å². The Labute approximate surface area is 139 Å². The Morgan fingerprint density at radius 3 is 2.67 bits per heavy atom. The molecule has 0 spiro atoms. The molecule has 1 N–H and O–H groups in total. The minimum Gasteiger partial charge on any atom is -0.451 e. The quantitative estimate of drug-likeness (QED) is 0.600. The molecule has 1 aromatic carbocycles. The van der Waals surface area contributed by atoms with Crippen LogP contribution in [0.4, 0.5) is 5.69 Å². The highest BCUT2D eigenvalue weighted by Crippen LogP contribution is 2.28. The highest BCUT2D eigenvalue weighted by atomic mass is 127. The predicted molar refractivity (Wildman–Crippen MR) is 93.4 cm³/mol. The van der Waals surface area contributed by atoms with Crippen molar-refractivity contribution < 1.29 is 9.21 Å². The summed E-state index contributed by atoms with van der Waals surface area (Å²) in [4.78, 5) is 16.9. The van der Waals surface area contributed by atoms with Crippen molar-refractivity contribution in [3.05, 3.63) is 56.4 Å². The third-order valence-corrected chi connectivity index (χ3v) is 4.27. The summed E-state index contributed by atoms with van der Waals surface area (Å²) in [5.41, 5.74) is 1.99. The van der Waals surface area contributed by atoms with Gasteiger partial charge in [0.05, 0.1) is 10.6 Å². The van der Waals surface area contributed by atoms with Gasteiger partial charge in [-0.15, -0.1) is 0 Å². The van der Waals surface area contributed by atoms with Crippen molar-refractivity contribution >= 4 is 57.2 Å². The number of halogens is 1. The van der Waals surface area contributed by atoms with Crippen LogP contribution in [0.15, 0.2) is 50.7 Å². The molecule has 0 radical (unpaired) electrons. The number of nitrogens with zero attached hydrogens (tertiary/aromatic N) is 1. The summed E-state index contributed by atoms with van der Waals surface area (Å²) in [5.74, 6) is 0.505. The van der Waals surface area contributed by atoms with Gasteiger partial charge in [0.15, 0.2) is 8.93 Å². The number of carbonyl (C=O) groups excluding carboxylic acids is 1. The molecule has 1 saturated heterocycles. The first-order valence-electron chi connectivity index (χ1n) is 6.22. The van der Waals surface area contributed by atoms with Crippen LogP contribution in [-0.4, -0.2) is 11.1 Å². The van der Waals surface area contributed by atoms with Crippen LogP contribution in [-0.2, 0) is 4.79 Å². The lowest BCUT2D eigenvalue weighted by Crippen LogP contribution is -2.19. The monoisotopic (exact) mass is 410 g/mol. The summed E-state index contributed by atoms with van der Waals surface area (Å²) < 4.78 is 6.23. The van der Waals surface area contributed by atoms with Crippen molar-refractivity contribution in [2.45, 2.75) is 6.92 Å². The van der Waals surface area contributed by atoms with Crippen LogP contribution in [0.2, 0.25) is 0 Å². The molecule has 1 amide bonds. The number of aliphatic imine (C=N–C) groups is 1. The van der Waals surface area contributed by atoms with E-state index in [4.69, 9.17) is 4.42 Å². The Morgan fingerprint density at radius 1 is 1.24 bits per heavy atom. The lowest BCUT2D eigenvalue weighted by Gasteiger charge is -1.96. The molecule has 1 fully saturated rings. The molecule has 1 aliphatic rings. The molecule has 0 bridgehead atoms. The molecule has 0 atom stereocenters. The molecule has 21 heavy (non-hydrogen) atoms. The molecule has 4 nitrogen and oxygen atoms in total. The molecular weight excluding hydrogens is 399 g/mol. The lowest BCUT2D eigenvalue weighted by molar-refractivity contribution is -0.115. The zero-order valence-corrected chi connectivity index (χ0v) is 14.1. The predicted octanol–water partition coefficient (Wildman–Crippen LogP) is 4.08. The van der Waals surface area contributed by atoms with Crippen molar-refractivity contribution in [2.75, 3.05) is 0 Å². The number of thioether (sulfide) groups is 1. The summed E-state index contributed by atoms with van der Waals surface area (Å²) in [6.45, 7) is 2.02. The Bertz CT molecular complexity index is 747. The number of hydrogen-bond acceptors (Lipinski definition) is 4. The van der Waals surface area contributed by atoms with E-state index in [1.165, 1.54) is 17.3 Å². The van der Waals surface area contributed by atoms with Gasteiger partial charge in [-0.2, -0.15) is 0 Å². The van der Waals surface area contributed by atoms with Crippen LogP contribution in [0.25, 0.3) is 6.08 Å². The van der Waals surface area contributed by atoms with Gasteiger partial charge in [-0.25, -0.2) is 4.99 Å². The summed E-state index contributed by atoms with van der Waals surface area (Å²) in [6.07, 6.45) is 1.72. The number of rotatable bonds is 2. The molecule has 1 aliphatic heterocycles. The number of furan rings is 1. The summed E-state index contributed by atoms with van der Waals surface area (Å²) >= 11 is 3.40. The van der Waals surface area contributed by atoms with Crippen LogP contribution >= 0.6 is 34.4 Å². The minimum absolute atomic E-state index is 0.155. The maximum absolute atomic E-state index is 11.9. The van der Waals surface area contributed by atoms with Gasteiger partial charge in [0, 0.05) is 6.08 Å². The molecule has 0 unspecified atom stereocenters. The smallest absolute Gasteiger partial charge is 0.264 e. The van der Waals surface area contributed by atoms with Gasteiger partial charge in [0.2, 0.25) is 0 Å². The van der Waals surface area contributed by atoms with Crippen molar-refractivity contribution in [1.29, 1.82) is 0 Å². The Morgan fingerprint density at radius 2 is 2.00 bits per heavy atom. The number of benzene rings is 1. The van der Waals surface area contributed by atoms with Crippen LogP contribution < -0.4 is 5.32 Å². The number of aryl methyl sites for hydroxylation is 1. The standard InChI is InChI=1S/C15H11IN2O2S/c1-9-2-4-10(5-3-9)17-15-18-14(19)12(21-15)8-11-6-7-13(16)20-11/h2-8H,1H3,(H,17,18,19)/b12-8-. The molecule has 1 aromatic heterocycles. The summed E-state index contributed by atoms with van der Waals surface area (Å²) in [5, 5.41) is 3.34. The SMILES string of the molecule is Cc1ccc(N=C2NC(=O)/C(=C/c3ccc(I)o3)S2)cc1. The topological polar surface area (TPSA) is 54.6 Å². The van der Waals surface area contributed by atoms with Gasteiger partial charge in [-0.1, -0.05) is 17.7 Å². The van der Waals surface area contributed by atoms with E-state index in [0.717, 1.165) is 9.45 Å². The molecule has 0 aliphatic carbocycles. The zero-order valence-electron chi connectivity index (χ0n) is 11.1. The largest absolute Gasteiger partial charge is 0.451 e. The highest BCUT2D eigenvalue weighted by Gasteiger charge is 2.24. The van der Waals surface area contributed by atoms with Gasteiger partial charge >= 0.3 is 0 Å². The van der Waals surface area contributed by atoms with Gasteiger partial charge in [0.25, 0.3) is 5.91 Å². The van der Waals surface area contributed by atoms with Gasteiger partial charge in [-0.05, 0) is 65.5 Å². The molecular formula is C15H11IN2O2S. The van der Waals surface area contributed by atoms with E-state index in [1.807, 2.05) is 43.3 Å². The van der Waals surface area contributed by atoms with E-state index in [2.05, 4.69) is 32.9 Å². The molecule has 0 saturated carbocycles. The van der Waals surface area contributed by atoms with Crippen LogP contribution in [0.1, 0.15) is 11.3 Å². The number of amidine groups is 1. The number of amides is 1. The van der Waals surface area contributed by atoms with Crippen LogP contribution in [0.3, 0.4) is 0 Å². The van der Waals surface area contributed by atoms with E-state index in [1.54, 1.807) is 6.08 Å².